The van der Waals surface area contributed by atoms with Gasteiger partial charge in [0.15, 0.2) is 0 Å². The van der Waals surface area contributed by atoms with E-state index in [4.69, 9.17) is 11.6 Å². The molecular formula is C18H19ClN2O. The van der Waals surface area contributed by atoms with Gasteiger partial charge in [-0.3, -0.25) is 4.90 Å². The third-order valence-corrected chi connectivity index (χ3v) is 4.72. The maximum absolute atomic E-state index is 12.6. The van der Waals surface area contributed by atoms with Crippen molar-refractivity contribution in [3.05, 3.63) is 65.2 Å². The summed E-state index contributed by atoms with van der Waals surface area (Å²) in [4.78, 5) is 14.2. The van der Waals surface area contributed by atoms with Crippen LogP contribution >= 0.6 is 11.6 Å². The summed E-state index contributed by atoms with van der Waals surface area (Å²) in [6.45, 7) is 0. The molecule has 1 aliphatic rings. The van der Waals surface area contributed by atoms with Crippen molar-refractivity contribution >= 4 is 23.3 Å². The first-order valence-corrected chi connectivity index (χ1v) is 7.86. The van der Waals surface area contributed by atoms with Crippen LogP contribution in [0, 0.1) is 0 Å². The molecule has 1 fully saturated rings. The average molecular weight is 315 g/mol. The van der Waals surface area contributed by atoms with Crippen molar-refractivity contribution in [1.29, 1.82) is 0 Å². The number of amides is 2. The van der Waals surface area contributed by atoms with Crippen molar-refractivity contribution in [3.8, 4) is 0 Å². The summed E-state index contributed by atoms with van der Waals surface area (Å²) in [6.07, 6.45) is 2.94. The van der Waals surface area contributed by atoms with Gasteiger partial charge < -0.3 is 5.32 Å². The number of urea groups is 1. The Morgan fingerprint density at radius 1 is 1.09 bits per heavy atom. The van der Waals surface area contributed by atoms with Crippen LogP contribution in [0.2, 0.25) is 5.02 Å². The molecule has 0 spiro atoms. The van der Waals surface area contributed by atoms with Gasteiger partial charge in [-0.25, -0.2) is 4.79 Å². The lowest BCUT2D eigenvalue weighted by molar-refractivity contribution is 0.182. The van der Waals surface area contributed by atoms with E-state index in [2.05, 4.69) is 5.32 Å². The smallest absolute Gasteiger partial charge is 0.322 e. The zero-order valence-corrected chi connectivity index (χ0v) is 13.3. The van der Waals surface area contributed by atoms with Gasteiger partial charge in [0.25, 0.3) is 0 Å². The number of hydrogen-bond acceptors (Lipinski definition) is 1. The molecule has 3 nitrogen and oxygen atoms in total. The summed E-state index contributed by atoms with van der Waals surface area (Å²) in [5.74, 6) is 0. The molecular weight excluding hydrogens is 296 g/mol. The maximum Gasteiger partial charge on any atom is 0.322 e. The van der Waals surface area contributed by atoms with Crippen LogP contribution in [0.3, 0.4) is 0 Å². The number of benzene rings is 2. The van der Waals surface area contributed by atoms with Crippen LogP contribution in [0.5, 0.6) is 0 Å². The van der Waals surface area contributed by atoms with E-state index in [9.17, 15) is 4.79 Å². The predicted molar refractivity (Wildman–Crippen MR) is 90.4 cm³/mol. The first-order valence-electron chi connectivity index (χ1n) is 7.48. The van der Waals surface area contributed by atoms with Gasteiger partial charge in [0.1, 0.15) is 0 Å². The van der Waals surface area contributed by atoms with E-state index in [-0.39, 0.29) is 11.6 Å². The minimum absolute atomic E-state index is 0.106. The van der Waals surface area contributed by atoms with Gasteiger partial charge in [0.2, 0.25) is 0 Å². The van der Waals surface area contributed by atoms with Crippen molar-refractivity contribution in [2.24, 2.45) is 0 Å². The van der Waals surface area contributed by atoms with Crippen molar-refractivity contribution < 1.29 is 4.79 Å². The summed E-state index contributed by atoms with van der Waals surface area (Å²) < 4.78 is 0. The highest BCUT2D eigenvalue weighted by Gasteiger charge is 2.41. The average Bonchev–Trinajstić information content (AvgIpc) is 2.51. The Morgan fingerprint density at radius 3 is 2.32 bits per heavy atom. The second kappa shape index (κ2) is 6.01. The zero-order valence-electron chi connectivity index (χ0n) is 12.6. The number of hydrogen-bond donors (Lipinski definition) is 1. The van der Waals surface area contributed by atoms with Crippen molar-refractivity contribution in [1.82, 2.24) is 5.32 Å². The van der Waals surface area contributed by atoms with Crippen LogP contribution in [0.25, 0.3) is 0 Å². The molecule has 0 bridgehead atoms. The molecule has 4 heteroatoms. The molecule has 0 saturated heterocycles. The largest absolute Gasteiger partial charge is 0.328 e. The van der Waals surface area contributed by atoms with Gasteiger partial charge in [0, 0.05) is 17.8 Å². The molecule has 3 rings (SSSR count). The third kappa shape index (κ3) is 2.69. The molecule has 22 heavy (non-hydrogen) atoms. The lowest BCUT2D eigenvalue weighted by Crippen LogP contribution is -2.54. The highest BCUT2D eigenvalue weighted by atomic mass is 35.5. The third-order valence-electron chi connectivity index (χ3n) is 4.39. The van der Waals surface area contributed by atoms with Crippen LogP contribution in [0.4, 0.5) is 10.5 Å². The molecule has 114 valence electrons. The highest BCUT2D eigenvalue weighted by molar-refractivity contribution is 6.31. The van der Waals surface area contributed by atoms with E-state index < -0.39 is 0 Å². The number of carbonyl (C=O) groups excluding carboxylic acids is 1. The number of rotatable bonds is 3. The molecule has 1 N–H and O–H groups in total. The molecule has 1 aliphatic carbocycles. The van der Waals surface area contributed by atoms with Crippen LogP contribution < -0.4 is 10.2 Å². The number of halogens is 1. The summed E-state index contributed by atoms with van der Waals surface area (Å²) in [6, 6.07) is 17.3. The SMILES string of the molecule is CN(C(=O)NC1(c2ccccc2Cl)CCC1)c1ccccc1. The first kappa shape index (κ1) is 14.9. The van der Waals surface area contributed by atoms with Crippen LogP contribution in [0.15, 0.2) is 54.6 Å². The summed E-state index contributed by atoms with van der Waals surface area (Å²) >= 11 is 6.34. The molecule has 0 unspecified atom stereocenters. The highest BCUT2D eigenvalue weighted by Crippen LogP contribution is 2.44. The van der Waals surface area contributed by atoms with Gasteiger partial charge in [0.05, 0.1) is 5.54 Å². The van der Waals surface area contributed by atoms with Gasteiger partial charge in [-0.05, 0) is 43.0 Å². The molecule has 1 saturated carbocycles. The van der Waals surface area contributed by atoms with E-state index >= 15 is 0 Å². The van der Waals surface area contributed by atoms with E-state index in [1.165, 1.54) is 0 Å². The Bertz CT molecular complexity index is 668. The zero-order chi connectivity index (χ0) is 15.6. The summed E-state index contributed by atoms with van der Waals surface area (Å²) in [7, 11) is 1.78. The van der Waals surface area contributed by atoms with Gasteiger partial charge in [-0.2, -0.15) is 0 Å². The quantitative estimate of drug-likeness (QED) is 0.884. The molecule has 2 amide bonds. The normalized spacial score (nSPS) is 15.7. The molecule has 0 atom stereocenters. The summed E-state index contributed by atoms with van der Waals surface area (Å²) in [5.41, 5.74) is 1.55. The lowest BCUT2D eigenvalue weighted by atomic mass is 9.72. The Balaban J connectivity index is 1.81. The Kier molecular flexibility index (Phi) is 4.08. The number of nitrogens with one attached hydrogen (secondary N) is 1. The molecule has 2 aromatic carbocycles. The van der Waals surface area contributed by atoms with Crippen LogP contribution in [0.1, 0.15) is 24.8 Å². The van der Waals surface area contributed by atoms with E-state index in [0.29, 0.717) is 5.02 Å². The Labute approximate surface area is 135 Å². The topological polar surface area (TPSA) is 32.3 Å². The standard InChI is InChI=1S/C18H19ClN2O/c1-21(14-8-3-2-4-9-14)17(22)20-18(12-7-13-18)15-10-5-6-11-16(15)19/h2-6,8-11H,7,12-13H2,1H3,(H,20,22). The van der Waals surface area contributed by atoms with Crippen molar-refractivity contribution in [3.63, 3.8) is 0 Å². The van der Waals surface area contributed by atoms with Gasteiger partial charge in [-0.1, -0.05) is 48.0 Å². The fraction of sp³-hybridized carbons (Fsp3) is 0.278. The fourth-order valence-electron chi connectivity index (χ4n) is 2.90. The van der Waals surface area contributed by atoms with Crippen LogP contribution in [-0.4, -0.2) is 13.1 Å². The first-order chi connectivity index (χ1) is 10.6. The second-order valence-corrected chi connectivity index (χ2v) is 6.15. The molecule has 0 aliphatic heterocycles. The number of anilines is 1. The Hall–Kier alpha value is -2.00. The van der Waals surface area contributed by atoms with E-state index in [1.54, 1.807) is 11.9 Å². The predicted octanol–water partition coefficient (Wildman–Crippen LogP) is 4.57. The van der Waals surface area contributed by atoms with Crippen molar-refractivity contribution in [2.75, 3.05) is 11.9 Å². The second-order valence-electron chi connectivity index (χ2n) is 5.74. The fourth-order valence-corrected chi connectivity index (χ4v) is 3.22. The van der Waals surface area contributed by atoms with Crippen LogP contribution in [-0.2, 0) is 5.54 Å². The summed E-state index contributed by atoms with van der Waals surface area (Å²) in [5, 5.41) is 3.90. The number of carbonyl (C=O) groups is 1. The monoisotopic (exact) mass is 314 g/mol. The van der Waals surface area contributed by atoms with E-state index in [1.807, 2.05) is 54.6 Å². The molecule has 0 radical (unpaired) electrons. The minimum atomic E-state index is -0.335. The Morgan fingerprint density at radius 2 is 1.73 bits per heavy atom. The van der Waals surface area contributed by atoms with Gasteiger partial charge in [-0.15, -0.1) is 0 Å². The number of para-hydroxylation sites is 1. The lowest BCUT2D eigenvalue weighted by Gasteiger charge is -2.44. The van der Waals surface area contributed by atoms with E-state index in [0.717, 1.165) is 30.5 Å². The molecule has 0 heterocycles. The molecule has 0 aromatic heterocycles. The van der Waals surface area contributed by atoms with Gasteiger partial charge >= 0.3 is 6.03 Å². The number of nitrogens with zero attached hydrogens (tertiary/aromatic N) is 1. The maximum atomic E-state index is 12.6. The molecule has 2 aromatic rings. The van der Waals surface area contributed by atoms with Crippen molar-refractivity contribution in [2.45, 2.75) is 24.8 Å². The minimum Gasteiger partial charge on any atom is -0.328 e.